The Bertz CT molecular complexity index is 948. The van der Waals surface area contributed by atoms with Crippen molar-refractivity contribution in [2.45, 2.75) is 57.0 Å². The first kappa shape index (κ1) is 23.5. The molecule has 1 fully saturated rings. The van der Waals surface area contributed by atoms with Crippen molar-refractivity contribution in [2.75, 3.05) is 26.3 Å². The lowest BCUT2D eigenvalue weighted by atomic mass is 9.77. The smallest absolute Gasteiger partial charge is 0.247 e. The zero-order chi connectivity index (χ0) is 23.5. The van der Waals surface area contributed by atoms with Gasteiger partial charge in [-0.15, -0.1) is 0 Å². The summed E-state index contributed by atoms with van der Waals surface area (Å²) in [5.41, 5.74) is 2.10. The van der Waals surface area contributed by atoms with Crippen LogP contribution in [0, 0.1) is 0 Å². The van der Waals surface area contributed by atoms with Crippen molar-refractivity contribution in [2.24, 2.45) is 0 Å². The molecule has 0 saturated carbocycles. The summed E-state index contributed by atoms with van der Waals surface area (Å²) in [7, 11) is 0. The maximum atomic E-state index is 13.2. The highest BCUT2D eigenvalue weighted by Crippen LogP contribution is 2.47. The third-order valence-electron chi connectivity index (χ3n) is 6.36. The van der Waals surface area contributed by atoms with E-state index in [1.165, 1.54) is 6.08 Å². The van der Waals surface area contributed by atoms with Gasteiger partial charge in [-0.05, 0) is 38.8 Å². The number of aliphatic hydroxyl groups excluding tert-OH is 2. The summed E-state index contributed by atoms with van der Waals surface area (Å²) in [5, 5.41) is 23.3. The fourth-order valence-corrected chi connectivity index (χ4v) is 4.89. The number of para-hydroxylation sites is 1. The number of aliphatic hydroxyl groups is 2. The van der Waals surface area contributed by atoms with Gasteiger partial charge in [0, 0.05) is 36.9 Å². The number of allylic oxidation sites excluding steroid dienone is 1. The lowest BCUT2D eigenvalue weighted by Gasteiger charge is -2.41. The summed E-state index contributed by atoms with van der Waals surface area (Å²) in [6.07, 6.45) is 3.13. The molecule has 1 aromatic rings. The number of rotatable bonds is 7. The van der Waals surface area contributed by atoms with Gasteiger partial charge in [0.05, 0.1) is 24.7 Å². The molecule has 4 rings (SSSR count). The summed E-state index contributed by atoms with van der Waals surface area (Å²) in [6, 6.07) is 6.66. The molecule has 2 amide bonds. The van der Waals surface area contributed by atoms with E-state index in [1.54, 1.807) is 11.0 Å². The van der Waals surface area contributed by atoms with Crippen LogP contribution in [0.4, 0.5) is 0 Å². The van der Waals surface area contributed by atoms with E-state index in [4.69, 9.17) is 9.47 Å². The molecular weight excluding hydrogens is 424 g/mol. The summed E-state index contributed by atoms with van der Waals surface area (Å²) in [4.78, 5) is 27.9. The lowest BCUT2D eigenvalue weighted by Crippen LogP contribution is -2.56. The maximum Gasteiger partial charge on any atom is 0.247 e. The van der Waals surface area contributed by atoms with Gasteiger partial charge < -0.3 is 29.9 Å². The van der Waals surface area contributed by atoms with Crippen LogP contribution < -0.4 is 10.1 Å². The third kappa shape index (κ3) is 4.83. The molecule has 1 aliphatic carbocycles. The standard InChI is InChI=1S/C25H32N2O6/c1-15(2)12-21(29)27(14-16-6-5-11-32-16)19-13-18(25(31)26-9-10-28)22-17-7-3-4-8-20(17)33-24(22)23(19)30/h3-4,7-8,12-13,16,19,22-24,28,30H,5-6,9-11,14H2,1-2H3,(H,26,31). The van der Waals surface area contributed by atoms with Gasteiger partial charge in [0.25, 0.3) is 0 Å². The number of hydrogen-bond donors (Lipinski definition) is 3. The van der Waals surface area contributed by atoms with Crippen molar-refractivity contribution >= 4 is 11.8 Å². The second kappa shape index (κ2) is 10.1. The van der Waals surface area contributed by atoms with Crippen molar-refractivity contribution in [3.63, 3.8) is 0 Å². The van der Waals surface area contributed by atoms with Crippen LogP contribution in [0.2, 0.25) is 0 Å². The van der Waals surface area contributed by atoms with Crippen molar-refractivity contribution in [3.8, 4) is 5.75 Å². The highest BCUT2D eigenvalue weighted by Gasteiger charge is 2.50. The number of ether oxygens (including phenoxy) is 2. The predicted octanol–water partition coefficient (Wildman–Crippen LogP) is 1.28. The molecule has 0 radical (unpaired) electrons. The van der Waals surface area contributed by atoms with E-state index in [2.05, 4.69) is 5.32 Å². The Kier molecular flexibility index (Phi) is 7.17. The number of benzene rings is 1. The Hall–Kier alpha value is -2.68. The quantitative estimate of drug-likeness (QED) is 0.534. The Labute approximate surface area is 193 Å². The molecule has 0 bridgehead atoms. The summed E-state index contributed by atoms with van der Waals surface area (Å²) >= 11 is 0. The predicted molar refractivity (Wildman–Crippen MR) is 122 cm³/mol. The molecular formula is C25H32N2O6. The molecule has 178 valence electrons. The van der Waals surface area contributed by atoms with Gasteiger partial charge in [-0.25, -0.2) is 0 Å². The molecule has 3 N–H and O–H groups in total. The Morgan fingerprint density at radius 3 is 2.76 bits per heavy atom. The summed E-state index contributed by atoms with van der Waals surface area (Å²) in [5.74, 6) is -0.429. The Morgan fingerprint density at radius 1 is 1.27 bits per heavy atom. The number of nitrogens with one attached hydrogen (secondary N) is 1. The number of carbonyl (C=O) groups excluding carboxylic acids is 2. The zero-order valence-electron chi connectivity index (χ0n) is 19.1. The normalized spacial score (nSPS) is 27.6. The number of amides is 2. The fraction of sp³-hybridized carbons (Fsp3) is 0.520. The minimum atomic E-state index is -1.03. The van der Waals surface area contributed by atoms with Crippen LogP contribution in [0.15, 0.2) is 47.6 Å². The first-order valence-corrected chi connectivity index (χ1v) is 11.5. The van der Waals surface area contributed by atoms with E-state index in [9.17, 15) is 19.8 Å². The van der Waals surface area contributed by atoms with E-state index in [0.29, 0.717) is 24.5 Å². The molecule has 1 saturated heterocycles. The number of nitrogens with zero attached hydrogens (tertiary/aromatic N) is 1. The van der Waals surface area contributed by atoms with Gasteiger partial charge in [0.1, 0.15) is 18.0 Å². The molecule has 2 heterocycles. The minimum absolute atomic E-state index is 0.111. The molecule has 5 unspecified atom stereocenters. The molecule has 8 heteroatoms. The van der Waals surface area contributed by atoms with Gasteiger partial charge in [0.15, 0.2) is 0 Å². The molecule has 0 aromatic heterocycles. The second-order valence-electron chi connectivity index (χ2n) is 9.03. The molecule has 5 atom stereocenters. The molecule has 2 aliphatic heterocycles. The van der Waals surface area contributed by atoms with E-state index in [1.807, 2.05) is 38.1 Å². The highest BCUT2D eigenvalue weighted by atomic mass is 16.5. The van der Waals surface area contributed by atoms with Crippen molar-refractivity contribution < 1.29 is 29.3 Å². The van der Waals surface area contributed by atoms with E-state index in [0.717, 1.165) is 24.0 Å². The molecule has 0 spiro atoms. The summed E-state index contributed by atoms with van der Waals surface area (Å²) in [6.45, 7) is 4.58. The van der Waals surface area contributed by atoms with Crippen molar-refractivity contribution in [1.82, 2.24) is 10.2 Å². The van der Waals surface area contributed by atoms with E-state index in [-0.39, 0.29) is 31.1 Å². The average Bonchev–Trinajstić information content (AvgIpc) is 3.44. The summed E-state index contributed by atoms with van der Waals surface area (Å²) < 4.78 is 11.9. The van der Waals surface area contributed by atoms with Gasteiger partial charge in [-0.1, -0.05) is 23.8 Å². The number of fused-ring (bicyclic) bond motifs is 3. The van der Waals surface area contributed by atoms with Crippen LogP contribution in [-0.2, 0) is 14.3 Å². The van der Waals surface area contributed by atoms with E-state index < -0.39 is 24.2 Å². The topological polar surface area (TPSA) is 108 Å². The maximum absolute atomic E-state index is 13.2. The van der Waals surface area contributed by atoms with Gasteiger partial charge >= 0.3 is 0 Å². The third-order valence-corrected chi connectivity index (χ3v) is 6.36. The minimum Gasteiger partial charge on any atom is -0.486 e. The molecule has 33 heavy (non-hydrogen) atoms. The van der Waals surface area contributed by atoms with Crippen LogP contribution in [0.3, 0.4) is 0 Å². The Morgan fingerprint density at radius 2 is 2.06 bits per heavy atom. The monoisotopic (exact) mass is 456 g/mol. The zero-order valence-corrected chi connectivity index (χ0v) is 19.1. The second-order valence-corrected chi connectivity index (χ2v) is 9.03. The molecule has 1 aromatic carbocycles. The average molecular weight is 457 g/mol. The number of hydrogen-bond acceptors (Lipinski definition) is 6. The van der Waals surface area contributed by atoms with Crippen molar-refractivity contribution in [1.29, 1.82) is 0 Å². The van der Waals surface area contributed by atoms with Crippen LogP contribution in [0.5, 0.6) is 5.75 Å². The van der Waals surface area contributed by atoms with Crippen molar-refractivity contribution in [3.05, 3.63) is 53.1 Å². The SMILES string of the molecule is CC(C)=CC(=O)N(CC1CCCO1)C1C=C(C(=O)NCCO)C2c3ccccc3OC2C1O. The van der Waals surface area contributed by atoms with Gasteiger partial charge in [-0.2, -0.15) is 0 Å². The van der Waals surface area contributed by atoms with Gasteiger partial charge in [0.2, 0.25) is 11.8 Å². The number of carbonyl (C=O) groups is 2. The fourth-order valence-electron chi connectivity index (χ4n) is 4.89. The van der Waals surface area contributed by atoms with E-state index >= 15 is 0 Å². The van der Waals surface area contributed by atoms with Gasteiger partial charge in [-0.3, -0.25) is 9.59 Å². The first-order valence-electron chi connectivity index (χ1n) is 11.5. The highest BCUT2D eigenvalue weighted by molar-refractivity contribution is 5.96. The largest absolute Gasteiger partial charge is 0.486 e. The van der Waals surface area contributed by atoms with Crippen LogP contribution in [0.1, 0.15) is 38.2 Å². The van der Waals surface area contributed by atoms with Crippen LogP contribution in [0.25, 0.3) is 0 Å². The lowest BCUT2D eigenvalue weighted by molar-refractivity contribution is -0.134. The molecule has 8 nitrogen and oxygen atoms in total. The van der Waals surface area contributed by atoms with Crippen LogP contribution in [-0.4, -0.2) is 77.6 Å². The first-order chi connectivity index (χ1) is 15.9. The Balaban J connectivity index is 1.74. The van der Waals surface area contributed by atoms with Crippen LogP contribution >= 0.6 is 0 Å². The molecule has 3 aliphatic rings.